The molecule has 5 nitrogen and oxygen atoms in total. The van der Waals surface area contributed by atoms with Gasteiger partial charge in [0.05, 0.1) is 24.3 Å². The Kier molecular flexibility index (Phi) is 8.66. The number of carbonyl (C=O) groups is 1. The average molecular weight is 386 g/mol. The normalized spacial score (nSPS) is 10.6. The van der Waals surface area contributed by atoms with Gasteiger partial charge >= 0.3 is 0 Å². The molecule has 0 radical (unpaired) electrons. The zero-order valence-corrected chi connectivity index (χ0v) is 16.7. The Labute approximate surface area is 166 Å². The van der Waals surface area contributed by atoms with E-state index in [9.17, 15) is 15.0 Å². The molecule has 0 saturated carbocycles. The van der Waals surface area contributed by atoms with E-state index in [1.165, 1.54) is 24.3 Å². The van der Waals surface area contributed by atoms with Gasteiger partial charge in [0.25, 0.3) is 0 Å². The number of aromatic hydroxyl groups is 2. The first kappa shape index (κ1) is 21.6. The van der Waals surface area contributed by atoms with Crippen LogP contribution in [0.4, 0.5) is 0 Å². The summed E-state index contributed by atoms with van der Waals surface area (Å²) in [4.78, 5) is 12.7. The molecule has 2 aromatic rings. The Hall–Kier alpha value is -2.69. The number of phenolic OH excluding ortho intramolecular Hbond substituents is 2. The molecule has 2 aromatic carbocycles. The maximum absolute atomic E-state index is 12.7. The van der Waals surface area contributed by atoms with Crippen molar-refractivity contribution in [2.24, 2.45) is 0 Å². The SMILES string of the molecule is CCCCCOc1ccc(C(=O)c2ccc(OCCCCC)cc2O)c(O)c1. The van der Waals surface area contributed by atoms with Crippen molar-refractivity contribution in [1.82, 2.24) is 0 Å². The van der Waals surface area contributed by atoms with Crippen molar-refractivity contribution in [3.05, 3.63) is 47.5 Å². The molecule has 28 heavy (non-hydrogen) atoms. The number of ether oxygens (including phenoxy) is 2. The molecule has 0 aromatic heterocycles. The van der Waals surface area contributed by atoms with Crippen molar-refractivity contribution in [2.45, 2.75) is 52.4 Å². The molecule has 0 aliphatic rings. The van der Waals surface area contributed by atoms with Crippen LogP contribution >= 0.6 is 0 Å². The van der Waals surface area contributed by atoms with Gasteiger partial charge in [0.1, 0.15) is 23.0 Å². The van der Waals surface area contributed by atoms with Gasteiger partial charge in [-0.05, 0) is 37.1 Å². The Morgan fingerprint density at radius 3 is 1.54 bits per heavy atom. The van der Waals surface area contributed by atoms with Gasteiger partial charge in [-0.2, -0.15) is 0 Å². The van der Waals surface area contributed by atoms with Gasteiger partial charge in [0.15, 0.2) is 5.78 Å². The van der Waals surface area contributed by atoms with E-state index in [1.807, 2.05) is 0 Å². The predicted molar refractivity (Wildman–Crippen MR) is 110 cm³/mol. The van der Waals surface area contributed by atoms with Crippen molar-refractivity contribution in [1.29, 1.82) is 0 Å². The minimum absolute atomic E-state index is 0.118. The van der Waals surface area contributed by atoms with Gasteiger partial charge in [0, 0.05) is 12.1 Å². The minimum atomic E-state index is -0.454. The van der Waals surface area contributed by atoms with Crippen LogP contribution in [0.2, 0.25) is 0 Å². The highest BCUT2D eigenvalue weighted by Gasteiger charge is 2.18. The highest BCUT2D eigenvalue weighted by Crippen LogP contribution is 2.30. The molecule has 5 heteroatoms. The molecule has 0 amide bonds. The first-order valence-corrected chi connectivity index (χ1v) is 10.0. The summed E-state index contributed by atoms with van der Waals surface area (Å²) in [7, 11) is 0. The van der Waals surface area contributed by atoms with Crippen LogP contribution in [-0.4, -0.2) is 29.2 Å². The molecule has 0 aliphatic heterocycles. The van der Waals surface area contributed by atoms with Crippen molar-refractivity contribution >= 4 is 5.78 Å². The molecule has 0 bridgehead atoms. The summed E-state index contributed by atoms with van der Waals surface area (Å²) in [6.45, 7) is 5.38. The number of phenols is 2. The Morgan fingerprint density at radius 1 is 0.750 bits per heavy atom. The average Bonchev–Trinajstić information content (AvgIpc) is 2.68. The van der Waals surface area contributed by atoms with Crippen molar-refractivity contribution in [3.63, 3.8) is 0 Å². The lowest BCUT2D eigenvalue weighted by Gasteiger charge is -2.11. The minimum Gasteiger partial charge on any atom is -0.507 e. The summed E-state index contributed by atoms with van der Waals surface area (Å²) in [5, 5.41) is 20.5. The van der Waals surface area contributed by atoms with Gasteiger partial charge in [-0.1, -0.05) is 39.5 Å². The molecule has 0 spiro atoms. The molecule has 152 valence electrons. The third kappa shape index (κ3) is 6.19. The fraction of sp³-hybridized carbons (Fsp3) is 0.435. The molecule has 0 fully saturated rings. The summed E-state index contributed by atoms with van der Waals surface area (Å²) >= 11 is 0. The molecule has 0 atom stereocenters. The zero-order valence-electron chi connectivity index (χ0n) is 16.7. The second-order valence-corrected chi connectivity index (χ2v) is 6.80. The van der Waals surface area contributed by atoms with Crippen molar-refractivity contribution in [2.75, 3.05) is 13.2 Å². The second-order valence-electron chi connectivity index (χ2n) is 6.80. The van der Waals surface area contributed by atoms with Gasteiger partial charge < -0.3 is 19.7 Å². The van der Waals surface area contributed by atoms with Gasteiger partial charge in [-0.15, -0.1) is 0 Å². The zero-order chi connectivity index (χ0) is 20.4. The molecule has 0 saturated heterocycles. The Bertz CT molecular complexity index is 706. The maximum Gasteiger partial charge on any atom is 0.200 e. The van der Waals surface area contributed by atoms with Gasteiger partial charge in [0.2, 0.25) is 0 Å². The van der Waals surface area contributed by atoms with E-state index >= 15 is 0 Å². The van der Waals surface area contributed by atoms with Crippen LogP contribution < -0.4 is 9.47 Å². The molecule has 2 N–H and O–H groups in total. The molecular formula is C23H30O5. The number of carbonyl (C=O) groups excluding carboxylic acids is 1. The Balaban J connectivity index is 2.04. The summed E-state index contributed by atoms with van der Waals surface area (Å²) in [6.07, 6.45) is 6.26. The third-order valence-electron chi connectivity index (χ3n) is 4.46. The smallest absolute Gasteiger partial charge is 0.200 e. The number of rotatable bonds is 12. The van der Waals surface area contributed by atoms with E-state index in [0.29, 0.717) is 24.7 Å². The number of unbranched alkanes of at least 4 members (excludes halogenated alkanes) is 4. The van der Waals surface area contributed by atoms with Crippen molar-refractivity contribution in [3.8, 4) is 23.0 Å². The summed E-state index contributed by atoms with van der Waals surface area (Å²) < 4.78 is 11.2. The summed E-state index contributed by atoms with van der Waals surface area (Å²) in [6, 6.07) is 9.20. The van der Waals surface area contributed by atoms with E-state index in [-0.39, 0.29) is 22.6 Å². The lowest BCUT2D eigenvalue weighted by molar-refractivity contribution is 0.103. The number of benzene rings is 2. The lowest BCUT2D eigenvalue weighted by atomic mass is 10.0. The standard InChI is InChI=1S/C23H30O5/c1-3-5-7-13-27-17-9-11-19(21(24)15-17)23(26)20-12-10-18(16-22(20)25)28-14-8-6-4-2/h9-12,15-16,24-25H,3-8,13-14H2,1-2H3. The van der Waals surface area contributed by atoms with Crippen LogP contribution in [0.1, 0.15) is 68.3 Å². The molecule has 0 heterocycles. The summed E-state index contributed by atoms with van der Waals surface area (Å²) in [5.41, 5.74) is 0.237. The monoisotopic (exact) mass is 386 g/mol. The van der Waals surface area contributed by atoms with Crippen molar-refractivity contribution < 1.29 is 24.5 Å². The lowest BCUT2D eigenvalue weighted by Crippen LogP contribution is -2.04. The van der Waals surface area contributed by atoms with E-state index < -0.39 is 5.78 Å². The maximum atomic E-state index is 12.7. The van der Waals surface area contributed by atoms with E-state index in [2.05, 4.69) is 13.8 Å². The van der Waals surface area contributed by atoms with Crippen LogP contribution in [0, 0.1) is 0 Å². The number of hydrogen-bond donors (Lipinski definition) is 2. The molecule has 0 unspecified atom stereocenters. The fourth-order valence-corrected chi connectivity index (χ4v) is 2.82. The topological polar surface area (TPSA) is 76.0 Å². The highest BCUT2D eigenvalue weighted by molar-refractivity contribution is 6.12. The van der Waals surface area contributed by atoms with Crippen LogP contribution in [-0.2, 0) is 0 Å². The number of ketones is 1. The second kappa shape index (κ2) is 11.2. The van der Waals surface area contributed by atoms with Crippen LogP contribution in [0.15, 0.2) is 36.4 Å². The third-order valence-corrected chi connectivity index (χ3v) is 4.46. The predicted octanol–water partition coefficient (Wildman–Crippen LogP) is 5.47. The number of hydrogen-bond acceptors (Lipinski definition) is 5. The first-order chi connectivity index (χ1) is 13.6. The largest absolute Gasteiger partial charge is 0.507 e. The van der Waals surface area contributed by atoms with Crippen LogP contribution in [0.25, 0.3) is 0 Å². The molecule has 0 aliphatic carbocycles. The van der Waals surface area contributed by atoms with Gasteiger partial charge in [-0.3, -0.25) is 4.79 Å². The van der Waals surface area contributed by atoms with Crippen LogP contribution in [0.5, 0.6) is 23.0 Å². The molecule has 2 rings (SSSR count). The summed E-state index contributed by atoms with van der Waals surface area (Å²) in [5.74, 6) is 0.245. The Morgan fingerprint density at radius 2 is 1.18 bits per heavy atom. The first-order valence-electron chi connectivity index (χ1n) is 10.0. The van der Waals surface area contributed by atoms with E-state index in [1.54, 1.807) is 12.1 Å². The van der Waals surface area contributed by atoms with E-state index in [0.717, 1.165) is 38.5 Å². The molecular weight excluding hydrogens is 356 g/mol. The van der Waals surface area contributed by atoms with Gasteiger partial charge in [-0.25, -0.2) is 0 Å². The quantitative estimate of drug-likeness (QED) is 0.374. The van der Waals surface area contributed by atoms with E-state index in [4.69, 9.17) is 9.47 Å². The highest BCUT2D eigenvalue weighted by atomic mass is 16.5. The fourth-order valence-electron chi connectivity index (χ4n) is 2.82. The van der Waals surface area contributed by atoms with Crippen LogP contribution in [0.3, 0.4) is 0 Å².